The van der Waals surface area contributed by atoms with E-state index in [0.717, 1.165) is 11.3 Å². The smallest absolute Gasteiger partial charge is 0.258 e. The van der Waals surface area contributed by atoms with E-state index in [1.54, 1.807) is 12.1 Å². The lowest BCUT2D eigenvalue weighted by molar-refractivity contribution is -0.121. The molecule has 0 saturated heterocycles. The van der Waals surface area contributed by atoms with Crippen molar-refractivity contribution in [2.45, 2.75) is 13.3 Å². The molecule has 1 unspecified atom stereocenters. The predicted molar refractivity (Wildman–Crippen MR) is 97.1 cm³/mol. The van der Waals surface area contributed by atoms with Crippen molar-refractivity contribution in [3.05, 3.63) is 57.8 Å². The zero-order valence-corrected chi connectivity index (χ0v) is 14.7. The van der Waals surface area contributed by atoms with Crippen LogP contribution < -0.4 is 10.7 Å². The third-order valence-electron chi connectivity index (χ3n) is 3.76. The molecule has 1 aliphatic rings. The first-order chi connectivity index (χ1) is 11.9. The minimum absolute atomic E-state index is 0.0353. The van der Waals surface area contributed by atoms with Gasteiger partial charge in [-0.2, -0.15) is 5.10 Å². The Labute approximate surface area is 154 Å². The average Bonchev–Trinajstić information content (AvgIpc) is 2.55. The molecule has 3 rings (SSSR count). The van der Waals surface area contributed by atoms with Crippen LogP contribution in [0.25, 0.3) is 0 Å². The van der Waals surface area contributed by atoms with E-state index in [1.807, 2.05) is 19.1 Å². The monoisotopic (exact) mass is 376 g/mol. The summed E-state index contributed by atoms with van der Waals surface area (Å²) in [6, 6.07) is 8.61. The highest BCUT2D eigenvalue weighted by atomic mass is 35.5. The van der Waals surface area contributed by atoms with Crippen molar-refractivity contribution in [3.8, 4) is 0 Å². The maximum atomic E-state index is 12.3. The van der Waals surface area contributed by atoms with Gasteiger partial charge in [-0.25, -0.2) is 10.4 Å². The molecule has 6 nitrogen and oxygen atoms in total. The van der Waals surface area contributed by atoms with E-state index in [0.29, 0.717) is 12.1 Å². The first-order valence-corrected chi connectivity index (χ1v) is 8.29. The van der Waals surface area contributed by atoms with Crippen molar-refractivity contribution in [2.24, 2.45) is 11.0 Å². The Bertz CT molecular complexity index is 865. The van der Waals surface area contributed by atoms with Crippen LogP contribution in [0.4, 0.5) is 5.69 Å². The van der Waals surface area contributed by atoms with Crippen LogP contribution in [0.5, 0.6) is 0 Å². The molecule has 2 N–H and O–H groups in total. The van der Waals surface area contributed by atoms with Gasteiger partial charge in [-0.3, -0.25) is 9.59 Å². The minimum atomic E-state index is -0.377. The largest absolute Gasteiger partial charge is 0.322 e. The van der Waals surface area contributed by atoms with Gasteiger partial charge in [0.1, 0.15) is 5.15 Å². The first kappa shape index (κ1) is 17.4. The van der Waals surface area contributed by atoms with Crippen LogP contribution in [0.3, 0.4) is 0 Å². The Hall–Kier alpha value is -2.44. The van der Waals surface area contributed by atoms with Gasteiger partial charge in [-0.1, -0.05) is 42.3 Å². The van der Waals surface area contributed by atoms with Crippen LogP contribution in [0.15, 0.2) is 41.6 Å². The average molecular weight is 377 g/mol. The van der Waals surface area contributed by atoms with Gasteiger partial charge in [0.2, 0.25) is 5.91 Å². The molecule has 128 valence electrons. The maximum absolute atomic E-state index is 12.3. The van der Waals surface area contributed by atoms with Crippen LogP contribution in [-0.4, -0.2) is 22.5 Å². The highest BCUT2D eigenvalue weighted by Gasteiger charge is 2.21. The Morgan fingerprint density at radius 2 is 2.00 bits per heavy atom. The number of halogens is 2. The standard InChI is InChI=1S/C17H14Cl2N4O2/c1-9-6-15(24)22-23-16(9)10-2-4-11(5-3-10)21-17(25)12-8-20-14(19)7-13(12)18/h2-5,7-9H,6H2,1H3,(H,21,25)(H,22,24). The third kappa shape index (κ3) is 3.97. The van der Waals surface area contributed by atoms with Gasteiger partial charge in [-0.05, 0) is 23.8 Å². The molecule has 0 fully saturated rings. The van der Waals surface area contributed by atoms with Crippen molar-refractivity contribution < 1.29 is 9.59 Å². The second-order valence-electron chi connectivity index (χ2n) is 5.66. The van der Waals surface area contributed by atoms with E-state index in [9.17, 15) is 9.59 Å². The van der Waals surface area contributed by atoms with Gasteiger partial charge in [0.05, 0.1) is 16.3 Å². The Balaban J connectivity index is 1.74. The predicted octanol–water partition coefficient (Wildman–Crippen LogP) is 3.50. The van der Waals surface area contributed by atoms with Crippen LogP contribution in [-0.2, 0) is 4.79 Å². The summed E-state index contributed by atoms with van der Waals surface area (Å²) in [5, 5.41) is 7.32. The van der Waals surface area contributed by atoms with E-state index in [-0.39, 0.29) is 33.5 Å². The van der Waals surface area contributed by atoms with E-state index in [4.69, 9.17) is 23.2 Å². The topological polar surface area (TPSA) is 83.5 Å². The summed E-state index contributed by atoms with van der Waals surface area (Å²) in [7, 11) is 0. The molecule has 1 aromatic carbocycles. The summed E-state index contributed by atoms with van der Waals surface area (Å²) < 4.78 is 0. The van der Waals surface area contributed by atoms with Gasteiger partial charge in [0, 0.05) is 24.2 Å². The van der Waals surface area contributed by atoms with E-state index in [1.165, 1.54) is 12.3 Å². The van der Waals surface area contributed by atoms with Crippen molar-refractivity contribution in [1.82, 2.24) is 10.4 Å². The SMILES string of the molecule is CC1CC(=O)NN=C1c1ccc(NC(=O)c2cnc(Cl)cc2Cl)cc1. The molecule has 2 amide bonds. The number of aromatic nitrogens is 1. The number of anilines is 1. The quantitative estimate of drug-likeness (QED) is 0.803. The molecule has 0 aliphatic carbocycles. The number of carbonyl (C=O) groups is 2. The summed E-state index contributed by atoms with van der Waals surface area (Å²) >= 11 is 11.7. The molecule has 0 bridgehead atoms. The summed E-state index contributed by atoms with van der Waals surface area (Å²) in [6.07, 6.45) is 1.73. The fraction of sp³-hybridized carbons (Fsp3) is 0.176. The van der Waals surface area contributed by atoms with E-state index >= 15 is 0 Å². The second-order valence-corrected chi connectivity index (χ2v) is 6.45. The number of amides is 2. The number of nitrogens with zero attached hydrogens (tertiary/aromatic N) is 2. The molecule has 1 aliphatic heterocycles. The van der Waals surface area contributed by atoms with Crippen molar-refractivity contribution in [1.29, 1.82) is 0 Å². The molecule has 0 radical (unpaired) electrons. The summed E-state index contributed by atoms with van der Waals surface area (Å²) in [5.74, 6) is -0.431. The summed E-state index contributed by atoms with van der Waals surface area (Å²) in [5.41, 5.74) is 5.02. The molecule has 0 spiro atoms. The van der Waals surface area contributed by atoms with Gasteiger partial charge < -0.3 is 5.32 Å². The molecular formula is C17H14Cl2N4O2. The lowest BCUT2D eigenvalue weighted by Gasteiger charge is -2.19. The zero-order chi connectivity index (χ0) is 18.0. The Morgan fingerprint density at radius 1 is 1.28 bits per heavy atom. The number of pyridine rings is 1. The molecule has 1 atom stereocenters. The molecule has 1 aromatic heterocycles. The van der Waals surface area contributed by atoms with Gasteiger partial charge >= 0.3 is 0 Å². The van der Waals surface area contributed by atoms with E-state index < -0.39 is 0 Å². The summed E-state index contributed by atoms with van der Waals surface area (Å²) in [6.45, 7) is 1.95. The maximum Gasteiger partial charge on any atom is 0.258 e. The number of benzene rings is 1. The second kappa shape index (κ2) is 7.21. The lowest BCUT2D eigenvalue weighted by Crippen LogP contribution is -2.31. The molecule has 25 heavy (non-hydrogen) atoms. The normalized spacial score (nSPS) is 16.8. The molecule has 2 aromatic rings. The lowest BCUT2D eigenvalue weighted by atomic mass is 9.94. The molecular weight excluding hydrogens is 363 g/mol. The fourth-order valence-corrected chi connectivity index (χ4v) is 2.95. The first-order valence-electron chi connectivity index (χ1n) is 7.53. The Kier molecular flexibility index (Phi) is 5.01. The van der Waals surface area contributed by atoms with Crippen LogP contribution in [0.2, 0.25) is 10.2 Å². The van der Waals surface area contributed by atoms with Gasteiger partial charge in [0.15, 0.2) is 0 Å². The highest BCUT2D eigenvalue weighted by Crippen LogP contribution is 2.21. The number of hydrazone groups is 1. The number of carbonyl (C=O) groups excluding carboxylic acids is 2. The van der Waals surface area contributed by atoms with Crippen molar-refractivity contribution in [3.63, 3.8) is 0 Å². The van der Waals surface area contributed by atoms with E-state index in [2.05, 4.69) is 20.8 Å². The molecule has 0 saturated carbocycles. The summed E-state index contributed by atoms with van der Waals surface area (Å²) in [4.78, 5) is 27.5. The van der Waals surface area contributed by atoms with Crippen LogP contribution in [0, 0.1) is 5.92 Å². The Morgan fingerprint density at radius 3 is 2.64 bits per heavy atom. The third-order valence-corrected chi connectivity index (χ3v) is 4.28. The number of rotatable bonds is 3. The van der Waals surface area contributed by atoms with Crippen LogP contribution in [0.1, 0.15) is 29.3 Å². The molecule has 2 heterocycles. The fourth-order valence-electron chi connectivity index (χ4n) is 2.50. The number of hydrogen-bond acceptors (Lipinski definition) is 4. The van der Waals surface area contributed by atoms with Crippen LogP contribution >= 0.6 is 23.2 Å². The highest BCUT2D eigenvalue weighted by molar-refractivity contribution is 6.36. The van der Waals surface area contributed by atoms with Gasteiger partial charge in [0.25, 0.3) is 5.91 Å². The minimum Gasteiger partial charge on any atom is -0.322 e. The zero-order valence-electron chi connectivity index (χ0n) is 13.2. The number of hydrogen-bond donors (Lipinski definition) is 2. The van der Waals surface area contributed by atoms with Gasteiger partial charge in [-0.15, -0.1) is 0 Å². The molecule has 8 heteroatoms. The number of nitrogens with one attached hydrogen (secondary N) is 2. The van der Waals surface area contributed by atoms with Crippen molar-refractivity contribution in [2.75, 3.05) is 5.32 Å². The van der Waals surface area contributed by atoms with Crippen molar-refractivity contribution >= 4 is 46.4 Å².